The molecule has 0 radical (unpaired) electrons. The van der Waals surface area contributed by atoms with Crippen molar-refractivity contribution in [2.75, 3.05) is 12.4 Å². The molecule has 0 spiro atoms. The molecule has 0 bridgehead atoms. The van der Waals surface area contributed by atoms with Crippen molar-refractivity contribution >= 4 is 29.2 Å². The second-order valence-corrected chi connectivity index (χ2v) is 8.64. The summed E-state index contributed by atoms with van der Waals surface area (Å²) in [5.74, 6) is -0.855. The zero-order valence-corrected chi connectivity index (χ0v) is 19.9. The fourth-order valence-corrected chi connectivity index (χ4v) is 3.42. The van der Waals surface area contributed by atoms with E-state index in [4.69, 9.17) is 16.3 Å². The number of hydrogen-bond acceptors (Lipinski definition) is 7. The molecule has 1 aromatic heterocycles. The molecule has 1 N–H and O–H groups in total. The zero-order valence-electron chi connectivity index (χ0n) is 19.1. The number of carbonyl (C=O) groups is 1. The highest BCUT2D eigenvalue weighted by molar-refractivity contribution is 6.30. The van der Waals surface area contributed by atoms with Gasteiger partial charge in [-0.2, -0.15) is 13.8 Å². The van der Waals surface area contributed by atoms with Crippen LogP contribution in [0.1, 0.15) is 19.4 Å². The third-order valence-corrected chi connectivity index (χ3v) is 5.26. The molecule has 3 aromatic rings. The van der Waals surface area contributed by atoms with Gasteiger partial charge in [0.1, 0.15) is 5.75 Å². The maximum atomic E-state index is 13.4. The van der Waals surface area contributed by atoms with Crippen LogP contribution in [0.25, 0.3) is 0 Å². The summed E-state index contributed by atoms with van der Waals surface area (Å²) in [4.78, 5) is 42.3. The van der Waals surface area contributed by atoms with Gasteiger partial charge in [0.05, 0.1) is 19.1 Å². The first-order valence-corrected chi connectivity index (χ1v) is 10.7. The number of benzene rings is 2. The SMILES string of the molecule is COC(=O)C(C)(C)Cn1c(=O)nc(Nc2cccc(OC(F)F)c2)n(Cc2ccc(Cl)cc2)c1=O. The van der Waals surface area contributed by atoms with Gasteiger partial charge in [0.2, 0.25) is 5.95 Å². The van der Waals surface area contributed by atoms with E-state index < -0.39 is 29.4 Å². The molecular weight excluding hydrogens is 486 g/mol. The van der Waals surface area contributed by atoms with Crippen molar-refractivity contribution in [3.63, 3.8) is 0 Å². The van der Waals surface area contributed by atoms with Crippen molar-refractivity contribution in [1.82, 2.24) is 14.1 Å². The molecule has 0 saturated carbocycles. The van der Waals surface area contributed by atoms with Gasteiger partial charge in [-0.25, -0.2) is 14.2 Å². The molecule has 0 amide bonds. The van der Waals surface area contributed by atoms with E-state index in [9.17, 15) is 23.2 Å². The van der Waals surface area contributed by atoms with Gasteiger partial charge in [-0.05, 0) is 43.7 Å². The Morgan fingerprint density at radius 2 is 1.83 bits per heavy atom. The lowest BCUT2D eigenvalue weighted by Crippen LogP contribution is -2.46. The Morgan fingerprint density at radius 3 is 2.46 bits per heavy atom. The van der Waals surface area contributed by atoms with Gasteiger partial charge < -0.3 is 14.8 Å². The number of nitrogens with zero attached hydrogens (tertiary/aromatic N) is 3. The minimum atomic E-state index is -3.02. The summed E-state index contributed by atoms with van der Waals surface area (Å²) in [7, 11) is 1.21. The first-order valence-electron chi connectivity index (χ1n) is 10.4. The van der Waals surface area contributed by atoms with E-state index in [0.717, 1.165) is 4.57 Å². The average molecular weight is 509 g/mol. The maximum Gasteiger partial charge on any atom is 0.387 e. The smallest absolute Gasteiger partial charge is 0.387 e. The minimum absolute atomic E-state index is 0.00249. The number of methoxy groups -OCH3 is 1. The molecule has 0 aliphatic carbocycles. The van der Waals surface area contributed by atoms with Crippen LogP contribution < -0.4 is 21.4 Å². The molecule has 0 saturated heterocycles. The Labute approximate surface area is 203 Å². The van der Waals surface area contributed by atoms with E-state index in [1.165, 1.54) is 49.8 Å². The lowest BCUT2D eigenvalue weighted by molar-refractivity contribution is -0.151. The van der Waals surface area contributed by atoms with Crippen LogP contribution in [-0.2, 0) is 22.6 Å². The fourth-order valence-electron chi connectivity index (χ4n) is 3.29. The van der Waals surface area contributed by atoms with Crippen molar-refractivity contribution in [2.24, 2.45) is 5.41 Å². The molecule has 0 aliphatic rings. The molecule has 186 valence electrons. The summed E-state index contributed by atoms with van der Waals surface area (Å²) in [5, 5.41) is 3.32. The lowest BCUT2D eigenvalue weighted by Gasteiger charge is -2.23. The Hall–Kier alpha value is -3.73. The van der Waals surface area contributed by atoms with Crippen molar-refractivity contribution in [3.05, 3.63) is 80.1 Å². The molecule has 2 aromatic carbocycles. The molecule has 9 nitrogen and oxygen atoms in total. The van der Waals surface area contributed by atoms with E-state index in [0.29, 0.717) is 10.6 Å². The summed E-state index contributed by atoms with van der Waals surface area (Å²) in [6.45, 7) is -0.224. The summed E-state index contributed by atoms with van der Waals surface area (Å²) >= 11 is 5.95. The number of hydrogen-bond donors (Lipinski definition) is 1. The molecule has 0 atom stereocenters. The maximum absolute atomic E-state index is 13.4. The second-order valence-electron chi connectivity index (χ2n) is 8.21. The van der Waals surface area contributed by atoms with Gasteiger partial charge in [0, 0.05) is 23.3 Å². The fraction of sp³-hybridized carbons (Fsp3) is 0.304. The molecule has 1 heterocycles. The van der Waals surface area contributed by atoms with Gasteiger partial charge in [0.15, 0.2) is 0 Å². The van der Waals surface area contributed by atoms with Crippen LogP contribution in [0.4, 0.5) is 20.4 Å². The largest absolute Gasteiger partial charge is 0.469 e. The third kappa shape index (κ3) is 6.44. The van der Waals surface area contributed by atoms with E-state index in [-0.39, 0.29) is 30.5 Å². The number of esters is 1. The normalized spacial score (nSPS) is 11.4. The number of ether oxygens (including phenoxy) is 2. The van der Waals surface area contributed by atoms with Crippen molar-refractivity contribution in [3.8, 4) is 5.75 Å². The van der Waals surface area contributed by atoms with Gasteiger partial charge in [0.25, 0.3) is 0 Å². The molecule has 0 unspecified atom stereocenters. The van der Waals surface area contributed by atoms with Gasteiger partial charge >= 0.3 is 24.0 Å². The standard InChI is InChI=1S/C23H23ClF2N4O5/c1-23(2,18(31)34-3)13-30-21(32)28-20(27-16-5-4-6-17(11-16)35-19(25)26)29(22(30)33)12-14-7-9-15(24)10-8-14/h4-11,19H,12-13H2,1-3H3,(H,27,28,32). The van der Waals surface area contributed by atoms with Crippen LogP contribution in [-0.4, -0.2) is 33.8 Å². The van der Waals surface area contributed by atoms with Crippen molar-refractivity contribution in [1.29, 1.82) is 0 Å². The number of carbonyl (C=O) groups excluding carboxylic acids is 1. The van der Waals surface area contributed by atoms with Crippen LogP contribution in [0.5, 0.6) is 5.75 Å². The number of anilines is 2. The van der Waals surface area contributed by atoms with E-state index in [1.54, 1.807) is 24.3 Å². The highest BCUT2D eigenvalue weighted by Crippen LogP contribution is 2.22. The Bertz CT molecular complexity index is 1320. The molecule has 0 aliphatic heterocycles. The number of nitrogens with one attached hydrogen (secondary N) is 1. The van der Waals surface area contributed by atoms with Gasteiger partial charge in [-0.3, -0.25) is 9.36 Å². The van der Waals surface area contributed by atoms with Gasteiger partial charge in [-0.1, -0.05) is 29.8 Å². The number of alkyl halides is 2. The molecular formula is C23H23ClF2N4O5. The van der Waals surface area contributed by atoms with Crippen LogP contribution in [0.15, 0.2) is 58.1 Å². The summed E-state index contributed by atoms with van der Waals surface area (Å²) < 4.78 is 36.4. The van der Waals surface area contributed by atoms with Crippen LogP contribution in [0.2, 0.25) is 5.02 Å². The monoisotopic (exact) mass is 508 g/mol. The highest BCUT2D eigenvalue weighted by Gasteiger charge is 2.31. The summed E-state index contributed by atoms with van der Waals surface area (Å²) in [6.07, 6.45) is 0. The Balaban J connectivity index is 2.08. The van der Waals surface area contributed by atoms with Gasteiger partial charge in [-0.15, -0.1) is 0 Å². The number of rotatable bonds is 9. The topological polar surface area (TPSA) is 104 Å². The Morgan fingerprint density at radius 1 is 1.14 bits per heavy atom. The zero-order chi connectivity index (χ0) is 25.8. The van der Waals surface area contributed by atoms with Crippen molar-refractivity contribution < 1.29 is 23.0 Å². The van der Waals surface area contributed by atoms with E-state index in [2.05, 4.69) is 15.0 Å². The molecule has 35 heavy (non-hydrogen) atoms. The molecule has 0 fully saturated rings. The third-order valence-electron chi connectivity index (χ3n) is 5.01. The summed E-state index contributed by atoms with van der Waals surface area (Å²) in [5.41, 5.74) is -1.89. The quantitative estimate of drug-likeness (QED) is 0.440. The molecule has 12 heteroatoms. The lowest BCUT2D eigenvalue weighted by atomic mass is 9.94. The first-order chi connectivity index (χ1) is 16.5. The van der Waals surface area contributed by atoms with E-state index in [1.807, 2.05) is 0 Å². The van der Waals surface area contributed by atoms with Crippen LogP contribution in [0.3, 0.4) is 0 Å². The molecule has 3 rings (SSSR count). The second kappa shape index (κ2) is 10.7. The van der Waals surface area contributed by atoms with Crippen molar-refractivity contribution in [2.45, 2.75) is 33.5 Å². The number of halogens is 3. The predicted molar refractivity (Wildman–Crippen MR) is 125 cm³/mol. The Kier molecular flexibility index (Phi) is 7.90. The number of aromatic nitrogens is 3. The minimum Gasteiger partial charge on any atom is -0.469 e. The first kappa shape index (κ1) is 25.9. The van der Waals surface area contributed by atoms with Crippen LogP contribution >= 0.6 is 11.6 Å². The average Bonchev–Trinajstić information content (AvgIpc) is 2.79. The summed E-state index contributed by atoms with van der Waals surface area (Å²) in [6, 6.07) is 12.3. The highest BCUT2D eigenvalue weighted by atomic mass is 35.5. The van der Waals surface area contributed by atoms with E-state index >= 15 is 0 Å². The van der Waals surface area contributed by atoms with Crippen LogP contribution in [0, 0.1) is 5.41 Å². The predicted octanol–water partition coefficient (Wildman–Crippen LogP) is 3.65.